The van der Waals surface area contributed by atoms with E-state index in [0.717, 1.165) is 35.7 Å². The zero-order valence-electron chi connectivity index (χ0n) is 21.0. The summed E-state index contributed by atoms with van der Waals surface area (Å²) in [6.45, 7) is 8.68. The van der Waals surface area contributed by atoms with Gasteiger partial charge in [0, 0.05) is 57.4 Å². The van der Waals surface area contributed by atoms with Crippen LogP contribution >= 0.6 is 0 Å². The molecule has 0 unspecified atom stereocenters. The molecule has 0 saturated carbocycles. The normalized spacial score (nSPS) is 14.3. The van der Waals surface area contributed by atoms with E-state index in [1.807, 2.05) is 38.5 Å². The number of fused-ring (bicyclic) bond motifs is 1. The minimum Gasteiger partial charge on any atom is -0.372 e. The van der Waals surface area contributed by atoms with Crippen molar-refractivity contribution in [3.8, 4) is 0 Å². The van der Waals surface area contributed by atoms with Crippen LogP contribution in [0.1, 0.15) is 44.5 Å². The number of sulfonamides is 1. The zero-order valence-corrected chi connectivity index (χ0v) is 21.9. The first-order chi connectivity index (χ1) is 16.7. The quantitative estimate of drug-likeness (QED) is 0.481. The Bertz CT molecular complexity index is 1320. The van der Waals surface area contributed by atoms with Gasteiger partial charge >= 0.3 is 0 Å². The molecule has 0 atom stereocenters. The first kappa shape index (κ1) is 25.2. The Morgan fingerprint density at radius 1 is 1.09 bits per heavy atom. The second-order valence-electron chi connectivity index (χ2n) is 9.07. The minimum atomic E-state index is -3.55. The lowest BCUT2D eigenvalue weighted by Crippen LogP contribution is -2.30. The van der Waals surface area contributed by atoms with E-state index in [1.165, 1.54) is 22.8 Å². The fourth-order valence-corrected chi connectivity index (χ4v) is 6.20. The summed E-state index contributed by atoms with van der Waals surface area (Å²) in [6.07, 6.45) is 3.20. The van der Waals surface area contributed by atoms with Gasteiger partial charge in [-0.15, -0.1) is 0 Å². The molecule has 1 aliphatic heterocycles. The van der Waals surface area contributed by atoms with Crippen LogP contribution in [0.3, 0.4) is 0 Å². The number of anilines is 2. The third-order valence-corrected chi connectivity index (χ3v) is 8.86. The van der Waals surface area contributed by atoms with E-state index in [4.69, 9.17) is 0 Å². The molecule has 0 spiro atoms. The average Bonchev–Trinajstić information content (AvgIpc) is 3.48. The molecule has 1 aliphatic rings. The number of aryl methyl sites for hydroxylation is 3. The Labute approximate surface area is 208 Å². The van der Waals surface area contributed by atoms with Gasteiger partial charge in [0.1, 0.15) is 5.82 Å². The van der Waals surface area contributed by atoms with Crippen LogP contribution < -0.4 is 10.2 Å². The maximum absolute atomic E-state index is 12.9. The predicted octanol–water partition coefficient (Wildman–Crippen LogP) is 4.08. The molecule has 1 N–H and O–H groups in total. The number of aromatic nitrogens is 2. The van der Waals surface area contributed by atoms with Crippen LogP contribution in [-0.2, 0) is 28.3 Å². The molecule has 0 bridgehead atoms. The Balaban J connectivity index is 1.44. The van der Waals surface area contributed by atoms with Crippen LogP contribution in [0.5, 0.6) is 0 Å². The van der Waals surface area contributed by atoms with Gasteiger partial charge in [-0.2, -0.15) is 4.31 Å². The van der Waals surface area contributed by atoms with Crippen LogP contribution in [0.25, 0.3) is 11.0 Å². The van der Waals surface area contributed by atoms with Crippen LogP contribution in [-0.4, -0.2) is 54.4 Å². The van der Waals surface area contributed by atoms with Gasteiger partial charge in [0.15, 0.2) is 0 Å². The molecular formula is C26H35N5O3S. The summed E-state index contributed by atoms with van der Waals surface area (Å²) in [5, 5.41) is 3.03. The molecule has 2 aromatic carbocycles. The van der Waals surface area contributed by atoms with Gasteiger partial charge in [-0.25, -0.2) is 13.4 Å². The van der Waals surface area contributed by atoms with Crippen LogP contribution in [0.15, 0.2) is 41.3 Å². The number of imidazole rings is 1. The summed E-state index contributed by atoms with van der Waals surface area (Å²) < 4.78 is 29.1. The zero-order chi connectivity index (χ0) is 25.2. The molecule has 2 heterocycles. The SMILES string of the molecule is CCN(CC)S(=O)(=O)c1ccc2c(c1)nc(CCC(=O)Nc1ccc(N3CCCC3)cc1C)n2C. The first-order valence-corrected chi connectivity index (χ1v) is 13.8. The molecule has 1 fully saturated rings. The number of amides is 1. The number of benzene rings is 2. The van der Waals surface area contributed by atoms with Gasteiger partial charge in [-0.3, -0.25) is 4.79 Å². The summed E-state index contributed by atoms with van der Waals surface area (Å²) in [5.74, 6) is 0.674. The number of hydrogen-bond acceptors (Lipinski definition) is 5. The van der Waals surface area contributed by atoms with Crippen molar-refractivity contribution in [3.05, 3.63) is 47.8 Å². The number of nitrogens with one attached hydrogen (secondary N) is 1. The summed E-state index contributed by atoms with van der Waals surface area (Å²) in [4.78, 5) is 20.0. The number of hydrogen-bond donors (Lipinski definition) is 1. The van der Waals surface area contributed by atoms with E-state index in [-0.39, 0.29) is 17.2 Å². The van der Waals surface area contributed by atoms with Crippen molar-refractivity contribution in [2.45, 2.75) is 51.3 Å². The van der Waals surface area contributed by atoms with E-state index >= 15 is 0 Å². The highest BCUT2D eigenvalue weighted by Gasteiger charge is 2.23. The Kier molecular flexibility index (Phi) is 7.47. The molecule has 188 valence electrons. The number of nitrogens with zero attached hydrogens (tertiary/aromatic N) is 4. The molecule has 1 saturated heterocycles. The van der Waals surface area contributed by atoms with Crippen molar-refractivity contribution in [1.29, 1.82) is 0 Å². The van der Waals surface area contributed by atoms with Crippen molar-refractivity contribution < 1.29 is 13.2 Å². The fraction of sp³-hybridized carbons (Fsp3) is 0.462. The Morgan fingerprint density at radius 3 is 2.46 bits per heavy atom. The third-order valence-electron chi connectivity index (χ3n) is 6.82. The molecule has 4 rings (SSSR count). The molecule has 8 nitrogen and oxygen atoms in total. The lowest BCUT2D eigenvalue weighted by molar-refractivity contribution is -0.116. The van der Waals surface area contributed by atoms with Gasteiger partial charge in [0.05, 0.1) is 15.9 Å². The van der Waals surface area contributed by atoms with E-state index in [0.29, 0.717) is 25.0 Å². The Morgan fingerprint density at radius 2 is 1.80 bits per heavy atom. The molecule has 1 amide bonds. The molecule has 3 aromatic rings. The molecule has 1 aromatic heterocycles. The monoisotopic (exact) mass is 497 g/mol. The van der Waals surface area contributed by atoms with E-state index in [9.17, 15) is 13.2 Å². The van der Waals surface area contributed by atoms with Gasteiger partial charge < -0.3 is 14.8 Å². The highest BCUT2D eigenvalue weighted by molar-refractivity contribution is 7.89. The number of carbonyl (C=O) groups excluding carboxylic acids is 1. The largest absolute Gasteiger partial charge is 0.372 e. The molecule has 0 aliphatic carbocycles. The summed E-state index contributed by atoms with van der Waals surface area (Å²) in [6, 6.07) is 11.2. The van der Waals surface area contributed by atoms with E-state index in [2.05, 4.69) is 27.3 Å². The van der Waals surface area contributed by atoms with Crippen LogP contribution in [0.2, 0.25) is 0 Å². The second kappa shape index (κ2) is 10.4. The highest BCUT2D eigenvalue weighted by Crippen LogP contribution is 2.26. The maximum atomic E-state index is 12.9. The second-order valence-corrected chi connectivity index (χ2v) is 11.0. The van der Waals surface area contributed by atoms with Gasteiger partial charge in [-0.1, -0.05) is 13.8 Å². The summed E-state index contributed by atoms with van der Waals surface area (Å²) in [7, 11) is -1.66. The van der Waals surface area contributed by atoms with Crippen molar-refractivity contribution in [2.75, 3.05) is 36.4 Å². The maximum Gasteiger partial charge on any atom is 0.243 e. The lowest BCUT2D eigenvalue weighted by Gasteiger charge is -2.19. The van der Waals surface area contributed by atoms with Gasteiger partial charge in [-0.05, 0) is 61.7 Å². The third kappa shape index (κ3) is 5.21. The molecule has 35 heavy (non-hydrogen) atoms. The lowest BCUT2D eigenvalue weighted by atomic mass is 10.1. The number of rotatable bonds is 9. The fourth-order valence-electron chi connectivity index (χ4n) is 4.72. The van der Waals surface area contributed by atoms with Crippen molar-refractivity contribution >= 4 is 38.3 Å². The van der Waals surface area contributed by atoms with Crippen LogP contribution in [0.4, 0.5) is 11.4 Å². The smallest absolute Gasteiger partial charge is 0.243 e. The molecule has 9 heteroatoms. The standard InChI is InChI=1S/C26H35N5O3S/c1-5-31(6-2)35(33,34)21-10-12-24-23(18-21)27-25(29(24)4)13-14-26(32)28-22-11-9-20(17-19(22)3)30-15-7-8-16-30/h9-12,17-18H,5-8,13-16H2,1-4H3,(H,28,32). The summed E-state index contributed by atoms with van der Waals surface area (Å²) >= 11 is 0. The topological polar surface area (TPSA) is 87.5 Å². The van der Waals surface area contributed by atoms with Gasteiger partial charge in [0.2, 0.25) is 15.9 Å². The highest BCUT2D eigenvalue weighted by atomic mass is 32.2. The first-order valence-electron chi connectivity index (χ1n) is 12.4. The van der Waals surface area contributed by atoms with Crippen molar-refractivity contribution in [2.24, 2.45) is 7.05 Å². The minimum absolute atomic E-state index is 0.0705. The summed E-state index contributed by atoms with van der Waals surface area (Å²) in [5.41, 5.74) is 4.54. The molecular weight excluding hydrogens is 462 g/mol. The predicted molar refractivity (Wildman–Crippen MR) is 140 cm³/mol. The average molecular weight is 498 g/mol. The number of carbonyl (C=O) groups is 1. The van der Waals surface area contributed by atoms with Crippen molar-refractivity contribution in [1.82, 2.24) is 13.9 Å². The van der Waals surface area contributed by atoms with Gasteiger partial charge in [0.25, 0.3) is 0 Å². The van der Waals surface area contributed by atoms with E-state index in [1.54, 1.807) is 18.2 Å². The van der Waals surface area contributed by atoms with E-state index < -0.39 is 10.0 Å². The molecule has 0 radical (unpaired) electrons. The van der Waals surface area contributed by atoms with Crippen LogP contribution in [0, 0.1) is 6.92 Å². The Hall–Kier alpha value is -2.91. The van der Waals surface area contributed by atoms with Crippen molar-refractivity contribution in [3.63, 3.8) is 0 Å².